The number of carbonyl (C=O) groups excluding carboxylic acids is 1. The zero-order chi connectivity index (χ0) is 16.3. The fourth-order valence-corrected chi connectivity index (χ4v) is 3.30. The first kappa shape index (κ1) is 17.3. The number of halogens is 1. The molecule has 2 unspecified atom stereocenters. The molecule has 5 heteroatoms. The fraction of sp³-hybridized carbons (Fsp3) is 0.588. The Labute approximate surface area is 141 Å². The van der Waals surface area contributed by atoms with Gasteiger partial charge in [0.2, 0.25) is 0 Å². The summed E-state index contributed by atoms with van der Waals surface area (Å²) in [5.41, 5.74) is 6.67. The van der Waals surface area contributed by atoms with E-state index >= 15 is 0 Å². The van der Waals surface area contributed by atoms with Crippen LogP contribution in [0.3, 0.4) is 0 Å². The Morgan fingerprint density at radius 2 is 2.09 bits per heavy atom. The standard InChI is InChI=1S/C17H25BrN2O2/c1-11(2)22-16-8-14(7-15(18)9-16)17(21)20-6-4-5-13(10-20)12(3)19/h7-9,11-13H,4-6,10,19H2,1-3H3. The first-order chi connectivity index (χ1) is 10.4. The topological polar surface area (TPSA) is 55.6 Å². The van der Waals surface area contributed by atoms with Crippen LogP contribution in [0.5, 0.6) is 5.75 Å². The molecule has 2 N–H and O–H groups in total. The number of carbonyl (C=O) groups is 1. The van der Waals surface area contributed by atoms with E-state index in [0.717, 1.165) is 30.4 Å². The summed E-state index contributed by atoms with van der Waals surface area (Å²) in [7, 11) is 0. The van der Waals surface area contributed by atoms with Crippen molar-refractivity contribution in [1.82, 2.24) is 4.90 Å². The van der Waals surface area contributed by atoms with Gasteiger partial charge in [-0.05, 0) is 57.7 Å². The molecule has 2 rings (SSSR count). The van der Waals surface area contributed by atoms with Crippen LogP contribution in [0.25, 0.3) is 0 Å². The van der Waals surface area contributed by atoms with Gasteiger partial charge in [0.1, 0.15) is 5.75 Å². The molecule has 0 spiro atoms. The van der Waals surface area contributed by atoms with Crippen LogP contribution in [0.2, 0.25) is 0 Å². The van der Waals surface area contributed by atoms with Crippen LogP contribution in [-0.2, 0) is 0 Å². The van der Waals surface area contributed by atoms with Gasteiger partial charge >= 0.3 is 0 Å². The Hall–Kier alpha value is -1.07. The second-order valence-corrected chi connectivity index (χ2v) is 7.27. The molecule has 22 heavy (non-hydrogen) atoms. The van der Waals surface area contributed by atoms with E-state index in [2.05, 4.69) is 15.9 Å². The second kappa shape index (κ2) is 7.47. The van der Waals surface area contributed by atoms with Crippen molar-refractivity contribution in [2.75, 3.05) is 13.1 Å². The molecule has 0 aliphatic carbocycles. The van der Waals surface area contributed by atoms with Crippen molar-refractivity contribution in [1.29, 1.82) is 0 Å². The summed E-state index contributed by atoms with van der Waals surface area (Å²) in [5.74, 6) is 1.16. The van der Waals surface area contributed by atoms with Crippen LogP contribution in [0, 0.1) is 5.92 Å². The van der Waals surface area contributed by atoms with E-state index in [1.165, 1.54) is 0 Å². The summed E-state index contributed by atoms with van der Waals surface area (Å²) in [6, 6.07) is 5.68. The minimum atomic E-state index is 0.0558. The first-order valence-electron chi connectivity index (χ1n) is 7.89. The number of likely N-dealkylation sites (tertiary alicyclic amines) is 1. The molecule has 1 fully saturated rings. The fourth-order valence-electron chi connectivity index (χ4n) is 2.83. The number of amides is 1. The molecule has 1 aromatic carbocycles. The number of hydrogen-bond acceptors (Lipinski definition) is 3. The highest BCUT2D eigenvalue weighted by Gasteiger charge is 2.26. The molecule has 0 saturated carbocycles. The highest BCUT2D eigenvalue weighted by Crippen LogP contribution is 2.25. The van der Waals surface area contributed by atoms with Gasteiger partial charge < -0.3 is 15.4 Å². The van der Waals surface area contributed by atoms with Gasteiger partial charge in [-0.25, -0.2) is 0 Å². The smallest absolute Gasteiger partial charge is 0.254 e. The van der Waals surface area contributed by atoms with E-state index < -0.39 is 0 Å². The predicted molar refractivity (Wildman–Crippen MR) is 92.2 cm³/mol. The molecule has 1 saturated heterocycles. The van der Waals surface area contributed by atoms with Crippen LogP contribution >= 0.6 is 15.9 Å². The Kier molecular flexibility index (Phi) is 5.87. The van der Waals surface area contributed by atoms with E-state index in [1.807, 2.05) is 43.9 Å². The Bertz CT molecular complexity index is 531. The van der Waals surface area contributed by atoms with E-state index in [4.69, 9.17) is 10.5 Å². The van der Waals surface area contributed by atoms with Gasteiger partial charge in [0.05, 0.1) is 6.10 Å². The SMILES string of the molecule is CC(C)Oc1cc(Br)cc(C(=O)N2CCCC(C(C)N)C2)c1. The third-order valence-corrected chi connectivity index (χ3v) is 4.44. The molecule has 4 nitrogen and oxygen atoms in total. The van der Waals surface area contributed by atoms with Crippen LogP contribution in [-0.4, -0.2) is 36.0 Å². The number of benzene rings is 1. The monoisotopic (exact) mass is 368 g/mol. The maximum atomic E-state index is 12.8. The summed E-state index contributed by atoms with van der Waals surface area (Å²) in [5, 5.41) is 0. The van der Waals surface area contributed by atoms with E-state index in [0.29, 0.717) is 17.2 Å². The van der Waals surface area contributed by atoms with Gasteiger partial charge in [-0.1, -0.05) is 15.9 Å². The number of ether oxygens (including phenoxy) is 1. The highest BCUT2D eigenvalue weighted by molar-refractivity contribution is 9.10. The van der Waals surface area contributed by atoms with Crippen LogP contribution in [0.1, 0.15) is 44.0 Å². The molecule has 1 heterocycles. The lowest BCUT2D eigenvalue weighted by molar-refractivity contribution is 0.0660. The molecule has 0 aromatic heterocycles. The summed E-state index contributed by atoms with van der Waals surface area (Å²) in [6.07, 6.45) is 2.19. The van der Waals surface area contributed by atoms with Gasteiger partial charge in [-0.3, -0.25) is 4.79 Å². The van der Waals surface area contributed by atoms with Crippen molar-refractivity contribution in [3.8, 4) is 5.75 Å². The average molecular weight is 369 g/mol. The lowest BCUT2D eigenvalue weighted by Crippen LogP contribution is -2.45. The summed E-state index contributed by atoms with van der Waals surface area (Å²) in [6.45, 7) is 7.51. The normalized spacial score (nSPS) is 20.1. The molecule has 1 aromatic rings. The molecular weight excluding hydrogens is 344 g/mol. The maximum absolute atomic E-state index is 12.8. The summed E-state index contributed by atoms with van der Waals surface area (Å²) >= 11 is 3.46. The number of hydrogen-bond donors (Lipinski definition) is 1. The third-order valence-electron chi connectivity index (χ3n) is 3.98. The van der Waals surface area contributed by atoms with E-state index in [1.54, 1.807) is 0 Å². The van der Waals surface area contributed by atoms with Gasteiger partial charge in [-0.2, -0.15) is 0 Å². The molecule has 0 radical (unpaired) electrons. The first-order valence-corrected chi connectivity index (χ1v) is 8.68. The van der Waals surface area contributed by atoms with Gasteiger partial charge in [0.15, 0.2) is 0 Å². The molecule has 122 valence electrons. The second-order valence-electron chi connectivity index (χ2n) is 6.35. The molecule has 0 bridgehead atoms. The Morgan fingerprint density at radius 1 is 1.36 bits per heavy atom. The number of rotatable bonds is 4. The largest absolute Gasteiger partial charge is 0.491 e. The quantitative estimate of drug-likeness (QED) is 0.885. The van der Waals surface area contributed by atoms with Crippen molar-refractivity contribution in [2.24, 2.45) is 11.7 Å². The van der Waals surface area contributed by atoms with Crippen LogP contribution in [0.4, 0.5) is 0 Å². The molecule has 2 atom stereocenters. The van der Waals surface area contributed by atoms with Gasteiger partial charge in [-0.15, -0.1) is 0 Å². The number of piperidine rings is 1. The van der Waals surface area contributed by atoms with Crippen molar-refractivity contribution < 1.29 is 9.53 Å². The van der Waals surface area contributed by atoms with E-state index in [-0.39, 0.29) is 18.1 Å². The van der Waals surface area contributed by atoms with Gasteiger partial charge in [0.25, 0.3) is 5.91 Å². The van der Waals surface area contributed by atoms with Crippen molar-refractivity contribution in [2.45, 2.75) is 45.8 Å². The van der Waals surface area contributed by atoms with Gasteiger partial charge in [0, 0.05) is 29.2 Å². The average Bonchev–Trinajstić information content (AvgIpc) is 2.45. The minimum Gasteiger partial charge on any atom is -0.491 e. The molecular formula is C17H25BrN2O2. The maximum Gasteiger partial charge on any atom is 0.254 e. The highest BCUT2D eigenvalue weighted by atomic mass is 79.9. The lowest BCUT2D eigenvalue weighted by Gasteiger charge is -2.34. The lowest BCUT2D eigenvalue weighted by atomic mass is 9.92. The predicted octanol–water partition coefficient (Wildman–Crippen LogP) is 3.44. The molecule has 1 aliphatic rings. The van der Waals surface area contributed by atoms with Crippen molar-refractivity contribution >= 4 is 21.8 Å². The molecule has 1 aliphatic heterocycles. The van der Waals surface area contributed by atoms with Crippen molar-refractivity contribution in [3.63, 3.8) is 0 Å². The summed E-state index contributed by atoms with van der Waals surface area (Å²) in [4.78, 5) is 14.7. The third kappa shape index (κ3) is 4.46. The zero-order valence-electron chi connectivity index (χ0n) is 13.5. The summed E-state index contributed by atoms with van der Waals surface area (Å²) < 4.78 is 6.57. The van der Waals surface area contributed by atoms with Crippen molar-refractivity contribution in [3.05, 3.63) is 28.2 Å². The Morgan fingerprint density at radius 3 is 2.73 bits per heavy atom. The molecule has 1 amide bonds. The zero-order valence-corrected chi connectivity index (χ0v) is 15.1. The minimum absolute atomic E-state index is 0.0558. The van der Waals surface area contributed by atoms with Crippen LogP contribution < -0.4 is 10.5 Å². The number of nitrogens with zero attached hydrogens (tertiary/aromatic N) is 1. The van der Waals surface area contributed by atoms with E-state index in [9.17, 15) is 4.79 Å². The van der Waals surface area contributed by atoms with Crippen LogP contribution in [0.15, 0.2) is 22.7 Å². The number of nitrogens with two attached hydrogens (primary N) is 1. The Balaban J connectivity index is 2.16.